The fraction of sp³-hybridized carbons (Fsp3) is 0.176. The Labute approximate surface area is 142 Å². The summed E-state index contributed by atoms with van der Waals surface area (Å²) in [5.74, 6) is -0.633. The van der Waals surface area contributed by atoms with Gasteiger partial charge in [0.05, 0.1) is 4.90 Å². The van der Waals surface area contributed by atoms with Crippen molar-refractivity contribution >= 4 is 23.6 Å². The zero-order valence-electron chi connectivity index (χ0n) is 12.6. The summed E-state index contributed by atoms with van der Waals surface area (Å²) >= 11 is 1.41. The lowest BCUT2D eigenvalue weighted by molar-refractivity contribution is -0.130. The van der Waals surface area contributed by atoms with Crippen molar-refractivity contribution in [2.45, 2.75) is 11.4 Å². The van der Waals surface area contributed by atoms with Gasteiger partial charge >= 0.3 is 0 Å². The first-order chi connectivity index (χ1) is 11.6. The van der Waals surface area contributed by atoms with Crippen molar-refractivity contribution in [3.63, 3.8) is 0 Å². The lowest BCUT2D eigenvalue weighted by atomic mass is 10.1. The molecule has 5 nitrogen and oxygen atoms in total. The third-order valence-electron chi connectivity index (χ3n) is 4.03. The summed E-state index contributed by atoms with van der Waals surface area (Å²) in [6.07, 6.45) is 1.59. The Bertz CT molecular complexity index is 838. The van der Waals surface area contributed by atoms with Crippen LogP contribution < -0.4 is 0 Å². The number of nitrogens with zero attached hydrogens (tertiary/aromatic N) is 3. The average Bonchev–Trinajstić information content (AvgIpc) is 2.59. The lowest BCUT2D eigenvalue weighted by Gasteiger charge is -2.38. The number of hydrogen-bond donors (Lipinski definition) is 1. The summed E-state index contributed by atoms with van der Waals surface area (Å²) in [5, 5.41) is 10.5. The summed E-state index contributed by atoms with van der Waals surface area (Å²) < 4.78 is 14.8. The molecule has 3 heterocycles. The monoisotopic (exact) mass is 343 g/mol. The molecule has 2 aliphatic heterocycles. The molecule has 4 rings (SSSR count). The minimum Gasteiger partial charge on any atom is -0.504 e. The van der Waals surface area contributed by atoms with Gasteiger partial charge in [0.25, 0.3) is 5.91 Å². The fourth-order valence-corrected chi connectivity index (χ4v) is 3.87. The number of halogens is 1. The standard InChI is InChI=1S/C17H14FN3O2S/c18-12-5-3-11(4-6-12)10-20-8-9-21-15(17(20)23)16(22)14-13(24-21)2-1-7-19-14/h1-7,22H,8-10H2. The van der Waals surface area contributed by atoms with Crippen LogP contribution in [0, 0.1) is 5.82 Å². The minimum absolute atomic E-state index is 0.0850. The first-order valence-corrected chi connectivity index (χ1v) is 8.28. The number of aromatic nitrogens is 1. The summed E-state index contributed by atoms with van der Waals surface area (Å²) in [5.41, 5.74) is 1.55. The van der Waals surface area contributed by atoms with Crippen LogP contribution in [0.1, 0.15) is 11.3 Å². The van der Waals surface area contributed by atoms with Crippen molar-refractivity contribution in [3.05, 3.63) is 65.4 Å². The van der Waals surface area contributed by atoms with Gasteiger partial charge in [0.1, 0.15) is 11.5 Å². The maximum atomic E-state index is 13.0. The van der Waals surface area contributed by atoms with E-state index in [2.05, 4.69) is 4.98 Å². The number of fused-ring (bicyclic) bond motifs is 2. The Balaban J connectivity index is 1.64. The molecule has 0 saturated carbocycles. The van der Waals surface area contributed by atoms with Gasteiger partial charge in [-0.1, -0.05) is 12.1 Å². The van der Waals surface area contributed by atoms with E-state index in [1.165, 1.54) is 24.1 Å². The average molecular weight is 343 g/mol. The van der Waals surface area contributed by atoms with Gasteiger partial charge in [0.15, 0.2) is 11.5 Å². The highest BCUT2D eigenvalue weighted by molar-refractivity contribution is 7.97. The molecule has 1 aromatic heterocycles. The minimum atomic E-state index is -0.304. The van der Waals surface area contributed by atoms with Crippen molar-refractivity contribution in [2.24, 2.45) is 0 Å². The smallest absolute Gasteiger partial charge is 0.275 e. The van der Waals surface area contributed by atoms with E-state index in [4.69, 9.17) is 0 Å². The Morgan fingerprint density at radius 2 is 2.00 bits per heavy atom. The predicted molar refractivity (Wildman–Crippen MR) is 88.2 cm³/mol. The number of piperazine rings is 1. The molecule has 0 bridgehead atoms. The van der Waals surface area contributed by atoms with Crippen LogP contribution in [0.4, 0.5) is 4.39 Å². The van der Waals surface area contributed by atoms with E-state index in [0.717, 1.165) is 10.5 Å². The molecule has 24 heavy (non-hydrogen) atoms. The van der Waals surface area contributed by atoms with Crippen molar-refractivity contribution < 1.29 is 14.3 Å². The molecule has 1 saturated heterocycles. The molecule has 1 N–H and O–H groups in total. The molecule has 122 valence electrons. The molecule has 0 unspecified atom stereocenters. The Morgan fingerprint density at radius 1 is 1.21 bits per heavy atom. The fourth-order valence-electron chi connectivity index (χ4n) is 2.83. The van der Waals surface area contributed by atoms with E-state index in [9.17, 15) is 14.3 Å². The van der Waals surface area contributed by atoms with Crippen LogP contribution >= 0.6 is 11.9 Å². The second-order valence-electron chi connectivity index (χ2n) is 5.59. The largest absolute Gasteiger partial charge is 0.504 e. The highest BCUT2D eigenvalue weighted by atomic mass is 32.2. The number of hydrogen-bond acceptors (Lipinski definition) is 5. The van der Waals surface area contributed by atoms with Crippen LogP contribution in [0.15, 0.2) is 53.2 Å². The number of aliphatic hydroxyl groups is 1. The Hall–Kier alpha value is -2.54. The van der Waals surface area contributed by atoms with E-state index in [-0.39, 0.29) is 23.2 Å². The van der Waals surface area contributed by atoms with E-state index in [0.29, 0.717) is 25.3 Å². The first-order valence-electron chi connectivity index (χ1n) is 7.51. The predicted octanol–water partition coefficient (Wildman–Crippen LogP) is 2.81. The molecule has 0 atom stereocenters. The number of benzene rings is 1. The van der Waals surface area contributed by atoms with Crippen molar-refractivity contribution in [3.8, 4) is 0 Å². The maximum Gasteiger partial charge on any atom is 0.275 e. The highest BCUT2D eigenvalue weighted by Gasteiger charge is 2.37. The van der Waals surface area contributed by atoms with E-state index < -0.39 is 0 Å². The van der Waals surface area contributed by atoms with Gasteiger partial charge in [-0.15, -0.1) is 0 Å². The van der Waals surface area contributed by atoms with Crippen LogP contribution in [0.3, 0.4) is 0 Å². The zero-order valence-corrected chi connectivity index (χ0v) is 13.5. The lowest BCUT2D eigenvalue weighted by Crippen LogP contribution is -2.47. The third kappa shape index (κ3) is 2.50. The molecule has 2 aromatic rings. The molecule has 0 radical (unpaired) electrons. The summed E-state index contributed by atoms with van der Waals surface area (Å²) in [6, 6.07) is 9.75. The Morgan fingerprint density at radius 3 is 2.79 bits per heavy atom. The van der Waals surface area contributed by atoms with Crippen LogP contribution in [0.5, 0.6) is 0 Å². The van der Waals surface area contributed by atoms with E-state index >= 15 is 0 Å². The van der Waals surface area contributed by atoms with Gasteiger partial charge < -0.3 is 14.3 Å². The van der Waals surface area contributed by atoms with Gasteiger partial charge in [-0.25, -0.2) is 4.39 Å². The molecule has 2 aliphatic rings. The quantitative estimate of drug-likeness (QED) is 0.850. The van der Waals surface area contributed by atoms with Crippen LogP contribution in [0.25, 0.3) is 5.76 Å². The topological polar surface area (TPSA) is 56.7 Å². The number of carbonyl (C=O) groups excluding carboxylic acids is 1. The molecule has 1 amide bonds. The molecule has 0 spiro atoms. The molecular weight excluding hydrogens is 329 g/mol. The second-order valence-corrected chi connectivity index (χ2v) is 6.66. The number of amides is 1. The number of aliphatic hydroxyl groups excluding tert-OH is 1. The summed E-state index contributed by atoms with van der Waals surface area (Å²) in [6.45, 7) is 1.52. The molecule has 7 heteroatoms. The molecule has 1 fully saturated rings. The van der Waals surface area contributed by atoms with Crippen LogP contribution in [-0.2, 0) is 11.3 Å². The molecule has 0 aliphatic carbocycles. The zero-order chi connectivity index (χ0) is 16.7. The number of rotatable bonds is 2. The van der Waals surface area contributed by atoms with E-state index in [1.807, 2.05) is 10.4 Å². The van der Waals surface area contributed by atoms with Crippen molar-refractivity contribution in [2.75, 3.05) is 13.1 Å². The van der Waals surface area contributed by atoms with Crippen molar-refractivity contribution in [1.29, 1.82) is 0 Å². The highest BCUT2D eigenvalue weighted by Crippen LogP contribution is 2.40. The SMILES string of the molecule is O=C1C2=C(O)c3ncccc3SN2CCN1Cc1ccc(F)cc1. The van der Waals surface area contributed by atoms with Gasteiger partial charge in [-0.2, -0.15) is 0 Å². The van der Waals surface area contributed by atoms with Crippen molar-refractivity contribution in [1.82, 2.24) is 14.2 Å². The summed E-state index contributed by atoms with van der Waals surface area (Å²) in [7, 11) is 0. The van der Waals surface area contributed by atoms with Gasteiger partial charge in [-0.05, 0) is 41.8 Å². The van der Waals surface area contributed by atoms with Gasteiger partial charge in [0, 0.05) is 25.8 Å². The maximum absolute atomic E-state index is 13.0. The first kappa shape index (κ1) is 15.0. The number of carbonyl (C=O) groups is 1. The van der Waals surface area contributed by atoms with Gasteiger partial charge in [0.2, 0.25) is 0 Å². The van der Waals surface area contributed by atoms with Crippen LogP contribution in [-0.4, -0.2) is 38.3 Å². The summed E-state index contributed by atoms with van der Waals surface area (Å²) in [4.78, 5) is 19.5. The molecule has 1 aromatic carbocycles. The normalized spacial score (nSPS) is 17.0. The van der Waals surface area contributed by atoms with E-state index in [1.54, 1.807) is 29.3 Å². The third-order valence-corrected chi connectivity index (χ3v) is 5.14. The second kappa shape index (κ2) is 5.83. The van der Waals surface area contributed by atoms with Gasteiger partial charge in [-0.3, -0.25) is 9.78 Å². The Kier molecular flexibility index (Phi) is 3.65. The van der Waals surface area contributed by atoms with Crippen LogP contribution in [0.2, 0.25) is 0 Å². The molecular formula is C17H14FN3O2S. The number of pyridine rings is 1.